The van der Waals surface area contributed by atoms with Crippen LogP contribution in [0.2, 0.25) is 0 Å². The lowest BCUT2D eigenvalue weighted by molar-refractivity contribution is -0.126. The van der Waals surface area contributed by atoms with Gasteiger partial charge in [-0.2, -0.15) is 5.26 Å². The topological polar surface area (TPSA) is 73.2 Å². The van der Waals surface area contributed by atoms with Crippen molar-refractivity contribution in [1.29, 1.82) is 5.26 Å². The SMILES string of the molecule is CCCCCCCCCCCCN1C=CC(=C/C=C2/C(=O)NC(=O)C(C#N)=C2C)C=C1. The maximum atomic E-state index is 12.1. The van der Waals surface area contributed by atoms with Crippen LogP contribution in [0.15, 0.2) is 59.0 Å². The third-order valence-corrected chi connectivity index (χ3v) is 5.72. The standard InChI is InChI=1S/C26H35N3O2/c1-3-4-5-6-7-8-9-10-11-12-17-29-18-15-22(16-19-29)13-14-23-21(2)24(20-27)26(31)28-25(23)30/h13-16,18-19H,3-12,17H2,1-2H3,(H,28,30,31)/b23-14+. The van der Waals surface area contributed by atoms with E-state index in [-0.39, 0.29) is 5.57 Å². The molecule has 0 bridgehead atoms. The van der Waals surface area contributed by atoms with Crippen LogP contribution in [0.25, 0.3) is 0 Å². The quantitative estimate of drug-likeness (QED) is 0.253. The van der Waals surface area contributed by atoms with E-state index in [1.54, 1.807) is 13.0 Å². The van der Waals surface area contributed by atoms with Crippen molar-refractivity contribution in [2.24, 2.45) is 0 Å². The van der Waals surface area contributed by atoms with E-state index >= 15 is 0 Å². The molecule has 0 aromatic carbocycles. The minimum atomic E-state index is -0.630. The van der Waals surface area contributed by atoms with Crippen LogP contribution in [0.1, 0.15) is 78.1 Å². The summed E-state index contributed by atoms with van der Waals surface area (Å²) in [5.74, 6) is -1.10. The van der Waals surface area contributed by atoms with Crippen LogP contribution >= 0.6 is 0 Å². The first-order valence-corrected chi connectivity index (χ1v) is 11.6. The number of amides is 2. The van der Waals surface area contributed by atoms with Gasteiger partial charge in [0.05, 0.1) is 0 Å². The Labute approximate surface area is 186 Å². The summed E-state index contributed by atoms with van der Waals surface area (Å²) in [5, 5.41) is 11.3. The number of hydrogen-bond donors (Lipinski definition) is 1. The van der Waals surface area contributed by atoms with Crippen molar-refractivity contribution in [3.8, 4) is 6.07 Å². The van der Waals surface area contributed by atoms with E-state index in [2.05, 4.69) is 17.1 Å². The van der Waals surface area contributed by atoms with Crippen molar-refractivity contribution in [1.82, 2.24) is 10.2 Å². The highest BCUT2D eigenvalue weighted by molar-refractivity contribution is 6.18. The first-order valence-electron chi connectivity index (χ1n) is 11.6. The molecule has 2 aliphatic rings. The number of unbranched alkanes of at least 4 members (excludes halogenated alkanes) is 9. The summed E-state index contributed by atoms with van der Waals surface area (Å²) in [4.78, 5) is 25.9. The van der Waals surface area contributed by atoms with Gasteiger partial charge in [0, 0.05) is 24.5 Å². The highest BCUT2D eigenvalue weighted by Gasteiger charge is 2.26. The second kappa shape index (κ2) is 13.4. The van der Waals surface area contributed by atoms with Crippen LogP contribution in [-0.2, 0) is 9.59 Å². The largest absolute Gasteiger partial charge is 0.354 e. The number of rotatable bonds is 12. The van der Waals surface area contributed by atoms with E-state index in [0.717, 1.165) is 12.1 Å². The second-order valence-electron chi connectivity index (χ2n) is 8.19. The summed E-state index contributed by atoms with van der Waals surface area (Å²) in [6.07, 6.45) is 24.9. The first-order chi connectivity index (χ1) is 15.1. The van der Waals surface area contributed by atoms with Crippen LogP contribution in [-0.4, -0.2) is 23.3 Å². The molecule has 5 heteroatoms. The van der Waals surface area contributed by atoms with E-state index < -0.39 is 11.8 Å². The Hall–Kier alpha value is -2.87. The fourth-order valence-electron chi connectivity index (χ4n) is 3.73. The number of carbonyl (C=O) groups is 2. The van der Waals surface area contributed by atoms with Gasteiger partial charge < -0.3 is 4.90 Å². The maximum absolute atomic E-state index is 12.1. The Kier molecular flexibility index (Phi) is 10.6. The summed E-state index contributed by atoms with van der Waals surface area (Å²) < 4.78 is 0. The summed E-state index contributed by atoms with van der Waals surface area (Å²) in [6, 6.07) is 1.86. The molecular formula is C26H35N3O2. The van der Waals surface area contributed by atoms with Gasteiger partial charge in [0.15, 0.2) is 0 Å². The fourth-order valence-corrected chi connectivity index (χ4v) is 3.73. The van der Waals surface area contributed by atoms with Crippen molar-refractivity contribution < 1.29 is 9.59 Å². The summed E-state index contributed by atoms with van der Waals surface area (Å²) in [6.45, 7) is 4.89. The lowest BCUT2D eigenvalue weighted by atomic mass is 9.96. The van der Waals surface area contributed by atoms with Crippen LogP contribution < -0.4 is 5.32 Å². The van der Waals surface area contributed by atoms with Gasteiger partial charge >= 0.3 is 0 Å². The smallest absolute Gasteiger partial charge is 0.269 e. The molecule has 5 nitrogen and oxygen atoms in total. The first kappa shape index (κ1) is 24.4. The average Bonchev–Trinajstić information content (AvgIpc) is 2.76. The average molecular weight is 422 g/mol. The summed E-state index contributed by atoms with van der Waals surface area (Å²) in [7, 11) is 0. The van der Waals surface area contributed by atoms with Crippen molar-refractivity contribution >= 4 is 11.8 Å². The Morgan fingerprint density at radius 1 is 0.903 bits per heavy atom. The van der Waals surface area contributed by atoms with Gasteiger partial charge in [0.2, 0.25) is 0 Å². The molecule has 0 radical (unpaired) electrons. The van der Waals surface area contributed by atoms with E-state index in [1.807, 2.05) is 36.7 Å². The van der Waals surface area contributed by atoms with Crippen LogP contribution in [0.3, 0.4) is 0 Å². The van der Waals surface area contributed by atoms with Crippen LogP contribution in [0, 0.1) is 11.3 Å². The molecule has 0 saturated heterocycles. The maximum Gasteiger partial charge on any atom is 0.269 e. The van der Waals surface area contributed by atoms with E-state index in [1.165, 1.54) is 64.2 Å². The molecular weight excluding hydrogens is 386 g/mol. The highest BCUT2D eigenvalue weighted by Crippen LogP contribution is 2.20. The molecule has 2 aliphatic heterocycles. The second-order valence-corrected chi connectivity index (χ2v) is 8.19. The zero-order chi connectivity index (χ0) is 22.5. The predicted molar refractivity (Wildman–Crippen MR) is 124 cm³/mol. The molecule has 0 atom stereocenters. The molecule has 0 saturated carbocycles. The number of nitriles is 1. The fraction of sp³-hybridized carbons (Fsp3) is 0.500. The lowest BCUT2D eigenvalue weighted by Crippen LogP contribution is -2.37. The van der Waals surface area contributed by atoms with Crippen molar-refractivity contribution in [3.05, 3.63) is 59.0 Å². The van der Waals surface area contributed by atoms with Crippen LogP contribution in [0.5, 0.6) is 0 Å². The van der Waals surface area contributed by atoms with Crippen molar-refractivity contribution in [3.63, 3.8) is 0 Å². The Bertz CT molecular complexity index is 821. The van der Waals surface area contributed by atoms with E-state index in [0.29, 0.717) is 11.1 Å². The molecule has 1 N–H and O–H groups in total. The zero-order valence-corrected chi connectivity index (χ0v) is 19.0. The van der Waals surface area contributed by atoms with Gasteiger partial charge in [-0.3, -0.25) is 14.9 Å². The Morgan fingerprint density at radius 3 is 2.06 bits per heavy atom. The molecule has 0 spiro atoms. The van der Waals surface area contributed by atoms with Gasteiger partial charge in [-0.15, -0.1) is 0 Å². The summed E-state index contributed by atoms with van der Waals surface area (Å²) >= 11 is 0. The molecule has 2 heterocycles. The molecule has 2 rings (SSSR count). The van der Waals surface area contributed by atoms with E-state index in [9.17, 15) is 9.59 Å². The number of imide groups is 1. The number of carbonyl (C=O) groups excluding carboxylic acids is 2. The molecule has 31 heavy (non-hydrogen) atoms. The molecule has 166 valence electrons. The van der Waals surface area contributed by atoms with Gasteiger partial charge in [-0.05, 0) is 42.7 Å². The van der Waals surface area contributed by atoms with Gasteiger partial charge in [-0.25, -0.2) is 0 Å². The lowest BCUT2D eigenvalue weighted by Gasteiger charge is -2.19. The minimum Gasteiger partial charge on any atom is -0.354 e. The molecule has 0 aromatic rings. The van der Waals surface area contributed by atoms with Crippen molar-refractivity contribution in [2.45, 2.75) is 78.1 Å². The van der Waals surface area contributed by atoms with Crippen molar-refractivity contribution in [2.75, 3.05) is 6.54 Å². The van der Waals surface area contributed by atoms with E-state index in [4.69, 9.17) is 5.26 Å². The van der Waals surface area contributed by atoms with Gasteiger partial charge in [0.25, 0.3) is 11.8 Å². The zero-order valence-electron chi connectivity index (χ0n) is 19.0. The number of hydrogen-bond acceptors (Lipinski definition) is 4. The van der Waals surface area contributed by atoms with Crippen LogP contribution in [0.4, 0.5) is 0 Å². The summed E-state index contributed by atoms with van der Waals surface area (Å²) in [5.41, 5.74) is 1.71. The molecule has 0 aliphatic carbocycles. The predicted octanol–water partition coefficient (Wildman–Crippen LogP) is 5.60. The monoisotopic (exact) mass is 421 g/mol. The van der Waals surface area contributed by atoms with Gasteiger partial charge in [0.1, 0.15) is 11.6 Å². The molecule has 2 amide bonds. The molecule has 0 unspecified atom stereocenters. The normalized spacial score (nSPS) is 17.4. The number of allylic oxidation sites excluding steroid dienone is 5. The number of nitrogens with zero attached hydrogens (tertiary/aromatic N) is 2. The third kappa shape index (κ3) is 8.05. The Morgan fingerprint density at radius 2 is 1.48 bits per heavy atom. The number of nitrogens with one attached hydrogen (secondary N) is 1. The molecule has 0 fully saturated rings. The highest BCUT2D eigenvalue weighted by atomic mass is 16.2. The molecule has 0 aromatic heterocycles. The third-order valence-electron chi connectivity index (χ3n) is 5.72. The Balaban J connectivity index is 1.72. The minimum absolute atomic E-state index is 0.0124. The van der Waals surface area contributed by atoms with Gasteiger partial charge in [-0.1, -0.05) is 70.8 Å².